The van der Waals surface area contributed by atoms with E-state index in [0.29, 0.717) is 21.6 Å². The Bertz CT molecular complexity index is 386. The molecule has 1 saturated carbocycles. The Morgan fingerprint density at radius 1 is 1.24 bits per heavy atom. The SMILES string of the molecule is O=C(CSC1CCCCC1)c1ccccc1Cl. The summed E-state index contributed by atoms with van der Waals surface area (Å²) in [7, 11) is 0. The monoisotopic (exact) mass is 268 g/mol. The molecule has 0 N–H and O–H groups in total. The Hall–Kier alpha value is -0.470. The van der Waals surface area contributed by atoms with E-state index in [4.69, 9.17) is 11.6 Å². The Balaban J connectivity index is 1.87. The molecule has 0 bridgehead atoms. The summed E-state index contributed by atoms with van der Waals surface area (Å²) in [5, 5.41) is 1.25. The molecule has 0 atom stereocenters. The van der Waals surface area contributed by atoms with E-state index in [9.17, 15) is 4.79 Å². The van der Waals surface area contributed by atoms with Crippen LogP contribution in [0.3, 0.4) is 0 Å². The lowest BCUT2D eigenvalue weighted by atomic mass is 10.0. The van der Waals surface area contributed by atoms with E-state index in [1.807, 2.05) is 18.2 Å². The number of rotatable bonds is 4. The van der Waals surface area contributed by atoms with Gasteiger partial charge in [-0.3, -0.25) is 4.79 Å². The molecular weight excluding hydrogens is 252 g/mol. The highest BCUT2D eigenvalue weighted by Gasteiger charge is 2.16. The standard InChI is InChI=1S/C14H17ClOS/c15-13-9-5-4-8-12(13)14(16)10-17-11-6-2-1-3-7-11/h4-5,8-9,11H,1-3,6-7,10H2. The van der Waals surface area contributed by atoms with E-state index in [0.717, 1.165) is 0 Å². The fourth-order valence-electron chi connectivity index (χ4n) is 2.19. The number of halogens is 1. The summed E-state index contributed by atoms with van der Waals surface area (Å²) in [5.74, 6) is 0.722. The second-order valence-corrected chi connectivity index (χ2v) is 6.17. The molecule has 0 amide bonds. The van der Waals surface area contributed by atoms with Gasteiger partial charge in [0.05, 0.1) is 10.8 Å². The molecule has 0 spiro atoms. The fraction of sp³-hybridized carbons (Fsp3) is 0.500. The van der Waals surface area contributed by atoms with Crippen molar-refractivity contribution in [2.45, 2.75) is 37.4 Å². The first kappa shape index (κ1) is 13.0. The van der Waals surface area contributed by atoms with Crippen molar-refractivity contribution in [3.8, 4) is 0 Å². The number of Topliss-reactive ketones (excluding diaryl/α,β-unsaturated/α-hetero) is 1. The molecule has 0 aliphatic heterocycles. The maximum atomic E-state index is 12.0. The third-order valence-electron chi connectivity index (χ3n) is 3.18. The van der Waals surface area contributed by atoms with Gasteiger partial charge in [-0.2, -0.15) is 11.8 Å². The zero-order chi connectivity index (χ0) is 12.1. The summed E-state index contributed by atoms with van der Waals surface area (Å²) in [6.45, 7) is 0. The first-order valence-electron chi connectivity index (χ1n) is 6.16. The van der Waals surface area contributed by atoms with Gasteiger partial charge in [-0.25, -0.2) is 0 Å². The molecule has 1 fully saturated rings. The van der Waals surface area contributed by atoms with E-state index in [-0.39, 0.29) is 5.78 Å². The molecule has 17 heavy (non-hydrogen) atoms. The van der Waals surface area contributed by atoms with Gasteiger partial charge < -0.3 is 0 Å². The summed E-state index contributed by atoms with van der Waals surface area (Å²) in [6, 6.07) is 7.31. The summed E-state index contributed by atoms with van der Waals surface area (Å²) < 4.78 is 0. The van der Waals surface area contributed by atoms with Gasteiger partial charge in [0.2, 0.25) is 0 Å². The van der Waals surface area contributed by atoms with E-state index in [1.54, 1.807) is 17.8 Å². The predicted molar refractivity (Wildman–Crippen MR) is 75.1 cm³/mol. The Kier molecular flexibility index (Phi) is 4.93. The molecule has 3 heteroatoms. The average molecular weight is 269 g/mol. The number of benzene rings is 1. The van der Waals surface area contributed by atoms with Gasteiger partial charge in [0.1, 0.15) is 0 Å². The van der Waals surface area contributed by atoms with Crippen molar-refractivity contribution in [1.29, 1.82) is 0 Å². The maximum absolute atomic E-state index is 12.0. The van der Waals surface area contributed by atoms with Crippen molar-refractivity contribution in [2.75, 3.05) is 5.75 Å². The van der Waals surface area contributed by atoms with E-state index in [2.05, 4.69) is 0 Å². The van der Waals surface area contributed by atoms with E-state index in [1.165, 1.54) is 32.1 Å². The van der Waals surface area contributed by atoms with Crippen LogP contribution < -0.4 is 0 Å². The van der Waals surface area contributed by atoms with Gasteiger partial charge in [0.15, 0.2) is 5.78 Å². The number of ketones is 1. The van der Waals surface area contributed by atoms with Crippen LogP contribution in [0.2, 0.25) is 5.02 Å². The van der Waals surface area contributed by atoms with Crippen LogP contribution in [-0.2, 0) is 0 Å². The second-order valence-electron chi connectivity index (χ2n) is 4.47. The Morgan fingerprint density at radius 3 is 2.65 bits per heavy atom. The lowest BCUT2D eigenvalue weighted by Gasteiger charge is -2.20. The quantitative estimate of drug-likeness (QED) is 0.743. The first-order valence-corrected chi connectivity index (χ1v) is 7.59. The molecule has 0 heterocycles. The molecule has 0 saturated heterocycles. The Morgan fingerprint density at radius 2 is 1.94 bits per heavy atom. The molecule has 0 aromatic heterocycles. The molecule has 1 aliphatic rings. The van der Waals surface area contributed by atoms with Crippen molar-refractivity contribution >= 4 is 29.1 Å². The minimum atomic E-state index is 0.158. The molecule has 1 aromatic rings. The summed E-state index contributed by atoms with van der Waals surface area (Å²) >= 11 is 7.81. The van der Waals surface area contributed by atoms with E-state index < -0.39 is 0 Å². The highest BCUT2D eigenvalue weighted by atomic mass is 35.5. The van der Waals surface area contributed by atoms with Crippen LogP contribution in [0.1, 0.15) is 42.5 Å². The van der Waals surface area contributed by atoms with Gasteiger partial charge >= 0.3 is 0 Å². The highest BCUT2D eigenvalue weighted by Crippen LogP contribution is 2.29. The number of hydrogen-bond acceptors (Lipinski definition) is 2. The van der Waals surface area contributed by atoms with Gasteiger partial charge in [-0.1, -0.05) is 43.0 Å². The summed E-state index contributed by atoms with van der Waals surface area (Å²) in [5.41, 5.74) is 0.664. The third-order valence-corrected chi connectivity index (χ3v) is 4.88. The van der Waals surface area contributed by atoms with E-state index >= 15 is 0 Å². The number of hydrogen-bond donors (Lipinski definition) is 0. The van der Waals surface area contributed by atoms with Crippen molar-refractivity contribution < 1.29 is 4.79 Å². The van der Waals surface area contributed by atoms with Crippen LogP contribution in [0, 0.1) is 0 Å². The lowest BCUT2D eigenvalue weighted by Crippen LogP contribution is -2.12. The van der Waals surface area contributed by atoms with Crippen LogP contribution in [0.5, 0.6) is 0 Å². The summed E-state index contributed by atoms with van der Waals surface area (Å²) in [4.78, 5) is 12.0. The zero-order valence-electron chi connectivity index (χ0n) is 9.82. The molecule has 0 unspecified atom stereocenters. The van der Waals surface area contributed by atoms with Crippen molar-refractivity contribution in [3.05, 3.63) is 34.9 Å². The third kappa shape index (κ3) is 3.75. The molecule has 1 aliphatic carbocycles. The summed E-state index contributed by atoms with van der Waals surface area (Å²) in [6.07, 6.45) is 6.52. The molecule has 92 valence electrons. The minimum Gasteiger partial charge on any atom is -0.293 e. The highest BCUT2D eigenvalue weighted by molar-refractivity contribution is 8.00. The second kappa shape index (κ2) is 6.46. The van der Waals surface area contributed by atoms with Crippen LogP contribution in [-0.4, -0.2) is 16.8 Å². The normalized spacial score (nSPS) is 17.0. The van der Waals surface area contributed by atoms with Crippen LogP contribution in [0.15, 0.2) is 24.3 Å². The van der Waals surface area contributed by atoms with Gasteiger partial charge in [0.25, 0.3) is 0 Å². The topological polar surface area (TPSA) is 17.1 Å². The fourth-order valence-corrected chi connectivity index (χ4v) is 3.64. The maximum Gasteiger partial charge on any atom is 0.174 e. The minimum absolute atomic E-state index is 0.158. The first-order chi connectivity index (χ1) is 8.27. The van der Waals surface area contributed by atoms with Crippen LogP contribution in [0.25, 0.3) is 0 Å². The van der Waals surface area contributed by atoms with Gasteiger partial charge in [-0.05, 0) is 25.0 Å². The molecule has 2 rings (SSSR count). The van der Waals surface area contributed by atoms with Crippen molar-refractivity contribution in [3.63, 3.8) is 0 Å². The number of thioether (sulfide) groups is 1. The lowest BCUT2D eigenvalue weighted by molar-refractivity contribution is 0.102. The number of carbonyl (C=O) groups excluding carboxylic acids is 1. The Labute approximate surface area is 112 Å². The predicted octanol–water partition coefficient (Wildman–Crippen LogP) is 4.59. The zero-order valence-corrected chi connectivity index (χ0v) is 11.4. The number of carbonyl (C=O) groups is 1. The van der Waals surface area contributed by atoms with Crippen LogP contribution in [0.4, 0.5) is 0 Å². The smallest absolute Gasteiger partial charge is 0.174 e. The molecular formula is C14H17ClOS. The van der Waals surface area contributed by atoms with Crippen molar-refractivity contribution in [1.82, 2.24) is 0 Å². The van der Waals surface area contributed by atoms with Crippen LogP contribution >= 0.6 is 23.4 Å². The van der Waals surface area contributed by atoms with Crippen molar-refractivity contribution in [2.24, 2.45) is 0 Å². The molecule has 0 radical (unpaired) electrons. The van der Waals surface area contributed by atoms with Gasteiger partial charge in [0, 0.05) is 10.8 Å². The molecule has 1 aromatic carbocycles. The average Bonchev–Trinajstić information content (AvgIpc) is 2.38. The largest absolute Gasteiger partial charge is 0.293 e. The van der Waals surface area contributed by atoms with Gasteiger partial charge in [-0.15, -0.1) is 0 Å². The molecule has 1 nitrogen and oxygen atoms in total.